The van der Waals surface area contributed by atoms with Crippen molar-refractivity contribution in [3.63, 3.8) is 0 Å². The second kappa shape index (κ2) is 9.84. The van der Waals surface area contributed by atoms with Crippen molar-refractivity contribution in [2.24, 2.45) is 0 Å². The van der Waals surface area contributed by atoms with Crippen molar-refractivity contribution in [2.45, 2.75) is 0 Å². The Morgan fingerprint density at radius 3 is 2.33 bits per heavy atom. The molecule has 0 unspecified atom stereocenters. The fourth-order valence-electron chi connectivity index (χ4n) is 3.24. The summed E-state index contributed by atoms with van der Waals surface area (Å²) in [5.41, 5.74) is -0.241. The number of benzene rings is 2. The minimum absolute atomic E-state index is 0.0215. The monoisotopic (exact) mass is 413 g/mol. The summed E-state index contributed by atoms with van der Waals surface area (Å²) in [6, 6.07) is 13.2. The Kier molecular flexibility index (Phi) is 6.97. The second-order valence-corrected chi connectivity index (χ2v) is 6.81. The molecular formula is C21H23N3O6. The van der Waals surface area contributed by atoms with Crippen molar-refractivity contribution >= 4 is 17.6 Å². The summed E-state index contributed by atoms with van der Waals surface area (Å²) in [4.78, 5) is 39.0. The van der Waals surface area contributed by atoms with Crippen LogP contribution in [-0.2, 0) is 4.74 Å². The van der Waals surface area contributed by atoms with E-state index in [2.05, 4.69) is 9.64 Å². The number of amides is 1. The highest BCUT2D eigenvalue weighted by Gasteiger charge is 2.25. The number of carbonyl (C=O) groups is 2. The Hall–Kier alpha value is -3.46. The third kappa shape index (κ3) is 5.32. The molecule has 30 heavy (non-hydrogen) atoms. The van der Waals surface area contributed by atoms with Gasteiger partial charge in [-0.3, -0.25) is 19.8 Å². The van der Waals surface area contributed by atoms with Crippen molar-refractivity contribution in [3.8, 4) is 5.75 Å². The number of piperazine rings is 1. The Labute approximate surface area is 173 Å². The number of ether oxygens (including phenoxy) is 2. The van der Waals surface area contributed by atoms with Gasteiger partial charge in [0, 0.05) is 50.4 Å². The highest BCUT2D eigenvalue weighted by molar-refractivity contribution is 5.99. The van der Waals surface area contributed by atoms with E-state index in [9.17, 15) is 19.7 Å². The fraction of sp³-hybridized carbons (Fsp3) is 0.333. The molecule has 0 bridgehead atoms. The standard InChI is InChI=1S/C21H23N3O6/c1-29-21(26)17-13-16(14-18(15-17)24(27)28)20(25)23-9-7-22(8-10-23)11-12-30-19-5-3-2-4-6-19/h2-6,13-15H,7-12H2,1H3. The van der Waals surface area contributed by atoms with Gasteiger partial charge in [0.2, 0.25) is 0 Å². The number of nitro groups is 1. The SMILES string of the molecule is COC(=O)c1cc(C(=O)N2CCN(CCOc3ccccc3)CC2)cc([N+](=O)[O-])c1. The van der Waals surface area contributed by atoms with Gasteiger partial charge in [0.15, 0.2) is 0 Å². The Bertz CT molecular complexity index is 910. The maximum absolute atomic E-state index is 12.9. The van der Waals surface area contributed by atoms with Crippen LogP contribution in [0.3, 0.4) is 0 Å². The first-order valence-electron chi connectivity index (χ1n) is 9.55. The summed E-state index contributed by atoms with van der Waals surface area (Å²) in [5, 5.41) is 11.2. The van der Waals surface area contributed by atoms with Crippen LogP contribution in [0.15, 0.2) is 48.5 Å². The highest BCUT2D eigenvalue weighted by atomic mass is 16.6. The molecule has 1 fully saturated rings. The number of para-hydroxylation sites is 1. The van der Waals surface area contributed by atoms with Crippen LogP contribution in [0.4, 0.5) is 5.69 Å². The third-order valence-corrected chi connectivity index (χ3v) is 4.88. The van der Waals surface area contributed by atoms with Crippen LogP contribution in [0.2, 0.25) is 0 Å². The van der Waals surface area contributed by atoms with Gasteiger partial charge in [-0.2, -0.15) is 0 Å². The van der Waals surface area contributed by atoms with E-state index in [0.29, 0.717) is 32.8 Å². The van der Waals surface area contributed by atoms with E-state index in [1.165, 1.54) is 19.2 Å². The summed E-state index contributed by atoms with van der Waals surface area (Å²) >= 11 is 0. The molecule has 0 atom stereocenters. The molecule has 1 aliphatic rings. The zero-order valence-electron chi connectivity index (χ0n) is 16.7. The highest BCUT2D eigenvalue weighted by Crippen LogP contribution is 2.20. The minimum Gasteiger partial charge on any atom is -0.492 e. The quantitative estimate of drug-likeness (QED) is 0.390. The number of hydrogen-bond acceptors (Lipinski definition) is 7. The largest absolute Gasteiger partial charge is 0.492 e. The molecule has 2 aromatic rings. The molecule has 0 aromatic heterocycles. The van der Waals surface area contributed by atoms with Crippen LogP contribution in [0.5, 0.6) is 5.75 Å². The molecule has 2 aromatic carbocycles. The van der Waals surface area contributed by atoms with E-state index < -0.39 is 10.9 Å². The molecule has 1 amide bonds. The number of nitrogens with zero attached hydrogens (tertiary/aromatic N) is 3. The number of hydrogen-bond donors (Lipinski definition) is 0. The number of methoxy groups -OCH3 is 1. The first kappa shape index (κ1) is 21.3. The molecule has 0 saturated carbocycles. The first-order chi connectivity index (χ1) is 14.5. The molecule has 1 saturated heterocycles. The van der Waals surface area contributed by atoms with Crippen molar-refractivity contribution in [1.29, 1.82) is 0 Å². The number of non-ortho nitro benzene ring substituents is 1. The van der Waals surface area contributed by atoms with Gasteiger partial charge in [0.1, 0.15) is 12.4 Å². The molecular weight excluding hydrogens is 390 g/mol. The van der Waals surface area contributed by atoms with Gasteiger partial charge < -0.3 is 14.4 Å². The number of esters is 1. The molecule has 0 aliphatic carbocycles. The average Bonchev–Trinajstić information content (AvgIpc) is 2.79. The van der Waals surface area contributed by atoms with E-state index in [-0.39, 0.29) is 22.7 Å². The van der Waals surface area contributed by atoms with Crippen LogP contribution in [0.25, 0.3) is 0 Å². The molecule has 9 nitrogen and oxygen atoms in total. The lowest BCUT2D eigenvalue weighted by molar-refractivity contribution is -0.384. The van der Waals surface area contributed by atoms with Crippen molar-refractivity contribution in [3.05, 3.63) is 69.8 Å². The Morgan fingerprint density at radius 2 is 1.70 bits per heavy atom. The zero-order chi connectivity index (χ0) is 21.5. The molecule has 1 heterocycles. The number of nitro benzene ring substituents is 1. The predicted molar refractivity (Wildman–Crippen MR) is 109 cm³/mol. The van der Waals surface area contributed by atoms with Gasteiger partial charge in [-0.25, -0.2) is 4.79 Å². The molecule has 0 N–H and O–H groups in total. The summed E-state index contributed by atoms with van der Waals surface area (Å²) in [6.45, 7) is 3.59. The number of rotatable bonds is 7. The zero-order valence-corrected chi connectivity index (χ0v) is 16.7. The maximum Gasteiger partial charge on any atom is 0.338 e. The average molecular weight is 413 g/mol. The van der Waals surface area contributed by atoms with Crippen molar-refractivity contribution in [2.75, 3.05) is 46.4 Å². The van der Waals surface area contributed by atoms with Crippen LogP contribution >= 0.6 is 0 Å². The summed E-state index contributed by atoms with van der Waals surface area (Å²) in [6.07, 6.45) is 0. The Morgan fingerprint density at radius 1 is 1.03 bits per heavy atom. The lowest BCUT2D eigenvalue weighted by Gasteiger charge is -2.34. The smallest absolute Gasteiger partial charge is 0.338 e. The van der Waals surface area contributed by atoms with Gasteiger partial charge in [-0.1, -0.05) is 18.2 Å². The molecule has 9 heteroatoms. The van der Waals surface area contributed by atoms with Crippen molar-refractivity contribution < 1.29 is 24.0 Å². The minimum atomic E-state index is -0.726. The van der Waals surface area contributed by atoms with Gasteiger partial charge in [0.05, 0.1) is 17.6 Å². The van der Waals surface area contributed by atoms with E-state index in [0.717, 1.165) is 18.4 Å². The predicted octanol–water partition coefficient (Wildman–Crippen LogP) is 2.22. The summed E-state index contributed by atoms with van der Waals surface area (Å²) in [7, 11) is 1.18. The lowest BCUT2D eigenvalue weighted by Crippen LogP contribution is -2.49. The number of carbonyl (C=O) groups excluding carboxylic acids is 2. The topological polar surface area (TPSA) is 102 Å². The normalized spacial score (nSPS) is 14.2. The summed E-state index contributed by atoms with van der Waals surface area (Å²) in [5.74, 6) is -0.251. The molecule has 0 spiro atoms. The van der Waals surface area contributed by atoms with Crippen LogP contribution in [0.1, 0.15) is 20.7 Å². The van der Waals surface area contributed by atoms with Gasteiger partial charge in [-0.05, 0) is 18.2 Å². The van der Waals surface area contributed by atoms with Gasteiger partial charge in [0.25, 0.3) is 11.6 Å². The van der Waals surface area contributed by atoms with Crippen molar-refractivity contribution in [1.82, 2.24) is 9.80 Å². The van der Waals surface area contributed by atoms with E-state index in [1.54, 1.807) is 4.90 Å². The lowest BCUT2D eigenvalue weighted by atomic mass is 10.1. The molecule has 1 aliphatic heterocycles. The maximum atomic E-state index is 12.9. The van der Waals surface area contributed by atoms with E-state index >= 15 is 0 Å². The van der Waals surface area contributed by atoms with Gasteiger partial charge in [-0.15, -0.1) is 0 Å². The molecule has 3 rings (SSSR count). The molecule has 0 radical (unpaired) electrons. The van der Waals surface area contributed by atoms with E-state index in [1.807, 2.05) is 30.3 Å². The Balaban J connectivity index is 1.57. The van der Waals surface area contributed by atoms with Crippen LogP contribution in [0, 0.1) is 10.1 Å². The van der Waals surface area contributed by atoms with Crippen LogP contribution < -0.4 is 4.74 Å². The first-order valence-corrected chi connectivity index (χ1v) is 9.55. The third-order valence-electron chi connectivity index (χ3n) is 4.88. The van der Waals surface area contributed by atoms with Crippen LogP contribution in [-0.4, -0.2) is 73.0 Å². The van der Waals surface area contributed by atoms with E-state index in [4.69, 9.17) is 4.74 Å². The fourth-order valence-corrected chi connectivity index (χ4v) is 3.24. The second-order valence-electron chi connectivity index (χ2n) is 6.81. The summed E-state index contributed by atoms with van der Waals surface area (Å²) < 4.78 is 10.3. The van der Waals surface area contributed by atoms with Gasteiger partial charge >= 0.3 is 5.97 Å². The molecule has 158 valence electrons.